The van der Waals surface area contributed by atoms with E-state index in [1.54, 1.807) is 0 Å². The lowest BCUT2D eigenvalue weighted by Crippen LogP contribution is -1.90. The van der Waals surface area contributed by atoms with Crippen molar-refractivity contribution in [3.05, 3.63) is 18.8 Å². The van der Waals surface area contributed by atoms with Crippen molar-refractivity contribution in [3.8, 4) is 0 Å². The topological polar surface area (TPSA) is 20.2 Å². The normalized spacial score (nSPS) is 14.9. The Hall–Kier alpha value is -0.300. The molecule has 8 heavy (non-hydrogen) atoms. The van der Waals surface area contributed by atoms with Gasteiger partial charge < -0.3 is 5.11 Å². The third-order valence-corrected chi connectivity index (χ3v) is 0.998. The van der Waals surface area contributed by atoms with E-state index in [1.165, 1.54) is 6.61 Å². The number of aliphatic hydroxyl groups is 1. The van der Waals surface area contributed by atoms with Crippen LogP contribution < -0.4 is 0 Å². The zero-order valence-corrected chi connectivity index (χ0v) is 5.46. The fraction of sp³-hybridized carbons (Fsp3) is 0.571. The number of hydrogen-bond donors (Lipinski definition) is 1. The zero-order valence-electron chi connectivity index (χ0n) is 5.46. The van der Waals surface area contributed by atoms with Crippen LogP contribution in [-0.4, -0.2) is 5.11 Å². The van der Waals surface area contributed by atoms with Gasteiger partial charge in [0.2, 0.25) is 0 Å². The summed E-state index contributed by atoms with van der Waals surface area (Å²) in [6.45, 7) is 5.17. The Morgan fingerprint density at radius 1 is 1.62 bits per heavy atom. The summed E-state index contributed by atoms with van der Waals surface area (Å²) < 4.78 is 0. The first-order valence-corrected chi connectivity index (χ1v) is 2.90. The molecule has 0 aliphatic rings. The lowest BCUT2D eigenvalue weighted by molar-refractivity contribution is 0.327. The Balaban J connectivity index is 3.10. The van der Waals surface area contributed by atoms with Crippen molar-refractivity contribution in [3.63, 3.8) is 0 Å². The van der Waals surface area contributed by atoms with Crippen molar-refractivity contribution in [1.29, 1.82) is 0 Å². The van der Waals surface area contributed by atoms with Gasteiger partial charge in [0.1, 0.15) is 0 Å². The first kappa shape index (κ1) is 7.70. The molecule has 1 radical (unpaired) electrons. The predicted octanol–water partition coefficient (Wildman–Crippen LogP) is 2.12. The van der Waals surface area contributed by atoms with Crippen LogP contribution in [0, 0.1) is 12.5 Å². The van der Waals surface area contributed by atoms with Crippen molar-refractivity contribution < 1.29 is 5.11 Å². The van der Waals surface area contributed by atoms with Crippen LogP contribution in [0.25, 0.3) is 0 Å². The molecule has 0 amide bonds. The number of rotatable bonds is 3. The minimum absolute atomic E-state index is 0.297. The van der Waals surface area contributed by atoms with Gasteiger partial charge in [0.05, 0.1) is 6.61 Å². The predicted molar refractivity (Wildman–Crippen MR) is 34.8 cm³/mol. The SMILES string of the molecule is C/C=C/CC(C)[CH]O. The molecule has 0 heterocycles. The second-order valence-corrected chi connectivity index (χ2v) is 1.93. The first-order chi connectivity index (χ1) is 3.81. The van der Waals surface area contributed by atoms with Gasteiger partial charge in [0, 0.05) is 0 Å². The number of hydrogen-bond acceptors (Lipinski definition) is 1. The highest BCUT2D eigenvalue weighted by Crippen LogP contribution is 2.03. The quantitative estimate of drug-likeness (QED) is 0.556. The molecule has 0 aromatic carbocycles. The Morgan fingerprint density at radius 3 is 2.62 bits per heavy atom. The van der Waals surface area contributed by atoms with Crippen molar-refractivity contribution in [1.82, 2.24) is 0 Å². The summed E-state index contributed by atoms with van der Waals surface area (Å²) in [5.74, 6) is 0.297. The molecule has 0 bridgehead atoms. The van der Waals surface area contributed by atoms with Crippen molar-refractivity contribution in [2.24, 2.45) is 5.92 Å². The summed E-state index contributed by atoms with van der Waals surface area (Å²) >= 11 is 0. The lowest BCUT2D eigenvalue weighted by atomic mass is 10.1. The molecule has 0 rings (SSSR count). The second-order valence-electron chi connectivity index (χ2n) is 1.93. The summed E-state index contributed by atoms with van der Waals surface area (Å²) in [5.41, 5.74) is 0. The second kappa shape index (κ2) is 4.85. The summed E-state index contributed by atoms with van der Waals surface area (Å²) in [6.07, 6.45) is 4.96. The van der Waals surface area contributed by atoms with E-state index in [4.69, 9.17) is 5.11 Å². The van der Waals surface area contributed by atoms with Gasteiger partial charge in [0.15, 0.2) is 0 Å². The zero-order chi connectivity index (χ0) is 6.41. The summed E-state index contributed by atoms with van der Waals surface area (Å²) in [6, 6.07) is 0. The van der Waals surface area contributed by atoms with E-state index in [0.29, 0.717) is 5.92 Å². The maximum atomic E-state index is 8.40. The van der Waals surface area contributed by atoms with E-state index < -0.39 is 0 Å². The van der Waals surface area contributed by atoms with Crippen molar-refractivity contribution in [2.45, 2.75) is 20.3 Å². The molecule has 1 nitrogen and oxygen atoms in total. The summed E-state index contributed by atoms with van der Waals surface area (Å²) in [5, 5.41) is 8.40. The van der Waals surface area contributed by atoms with E-state index in [9.17, 15) is 0 Å². The third kappa shape index (κ3) is 3.88. The number of allylic oxidation sites excluding steroid dienone is 2. The Bertz CT molecular complexity index is 66.8. The highest BCUT2D eigenvalue weighted by molar-refractivity contribution is 4.80. The van der Waals surface area contributed by atoms with Crippen LogP contribution in [0.4, 0.5) is 0 Å². The molecule has 1 N–H and O–H groups in total. The van der Waals surface area contributed by atoms with Crippen molar-refractivity contribution in [2.75, 3.05) is 0 Å². The summed E-state index contributed by atoms with van der Waals surface area (Å²) in [4.78, 5) is 0. The third-order valence-electron chi connectivity index (χ3n) is 0.998. The minimum atomic E-state index is 0.297. The van der Waals surface area contributed by atoms with Gasteiger partial charge in [-0.2, -0.15) is 0 Å². The molecule has 47 valence electrons. The highest BCUT2D eigenvalue weighted by atomic mass is 16.3. The maximum absolute atomic E-state index is 8.40. The molecule has 0 spiro atoms. The van der Waals surface area contributed by atoms with Gasteiger partial charge in [0.25, 0.3) is 0 Å². The van der Waals surface area contributed by atoms with E-state index in [0.717, 1.165) is 6.42 Å². The first-order valence-electron chi connectivity index (χ1n) is 2.90. The molecule has 0 aliphatic heterocycles. The van der Waals surface area contributed by atoms with E-state index in [-0.39, 0.29) is 0 Å². The largest absolute Gasteiger partial charge is 0.390 e. The molecule has 1 heteroatoms. The molecular formula is C7H13O. The monoisotopic (exact) mass is 113 g/mol. The Kier molecular flexibility index (Phi) is 4.67. The van der Waals surface area contributed by atoms with Gasteiger partial charge in [-0.05, 0) is 19.3 Å². The van der Waals surface area contributed by atoms with Gasteiger partial charge in [-0.15, -0.1) is 0 Å². The van der Waals surface area contributed by atoms with Crippen LogP contribution in [-0.2, 0) is 0 Å². The molecule has 1 unspecified atom stereocenters. The molecule has 0 saturated heterocycles. The van der Waals surface area contributed by atoms with Crippen LogP contribution in [0.15, 0.2) is 12.2 Å². The molecule has 0 saturated carbocycles. The van der Waals surface area contributed by atoms with Gasteiger partial charge >= 0.3 is 0 Å². The van der Waals surface area contributed by atoms with Crippen LogP contribution in [0.5, 0.6) is 0 Å². The van der Waals surface area contributed by atoms with Crippen LogP contribution in [0.1, 0.15) is 20.3 Å². The van der Waals surface area contributed by atoms with E-state index in [2.05, 4.69) is 0 Å². The van der Waals surface area contributed by atoms with Crippen LogP contribution >= 0.6 is 0 Å². The fourth-order valence-corrected chi connectivity index (χ4v) is 0.412. The Labute approximate surface area is 51.0 Å². The van der Waals surface area contributed by atoms with E-state index in [1.807, 2.05) is 26.0 Å². The van der Waals surface area contributed by atoms with Gasteiger partial charge in [-0.3, -0.25) is 0 Å². The van der Waals surface area contributed by atoms with Crippen LogP contribution in [0.2, 0.25) is 0 Å². The number of aliphatic hydroxyl groups excluding tert-OH is 1. The maximum Gasteiger partial charge on any atom is 0.0830 e. The Morgan fingerprint density at radius 2 is 2.25 bits per heavy atom. The highest BCUT2D eigenvalue weighted by Gasteiger charge is 1.93. The average molecular weight is 113 g/mol. The standard InChI is InChI=1S/C7H13O/c1-3-4-5-7(2)6-8/h3-4,6-8H,5H2,1-2H3/b4-3+. The van der Waals surface area contributed by atoms with Gasteiger partial charge in [-0.25, -0.2) is 0 Å². The summed E-state index contributed by atoms with van der Waals surface area (Å²) in [7, 11) is 0. The molecule has 0 aliphatic carbocycles. The van der Waals surface area contributed by atoms with Crippen molar-refractivity contribution >= 4 is 0 Å². The van der Waals surface area contributed by atoms with E-state index >= 15 is 0 Å². The lowest BCUT2D eigenvalue weighted by Gasteiger charge is -1.99. The fourth-order valence-electron chi connectivity index (χ4n) is 0.412. The van der Waals surface area contributed by atoms with Gasteiger partial charge in [-0.1, -0.05) is 19.1 Å². The molecular weight excluding hydrogens is 100 g/mol. The molecule has 0 aromatic rings. The minimum Gasteiger partial charge on any atom is -0.390 e. The average Bonchev–Trinajstić information content (AvgIpc) is 1.83. The molecule has 0 fully saturated rings. The smallest absolute Gasteiger partial charge is 0.0830 e. The molecule has 1 atom stereocenters. The molecule has 0 aromatic heterocycles. The van der Waals surface area contributed by atoms with Crippen LogP contribution in [0.3, 0.4) is 0 Å².